The number of nitrogens with zero attached hydrogens (tertiary/aromatic N) is 2. The molecule has 4 aliphatic rings. The molecular formula is C35H49ClN4O6S2. The molecule has 48 heavy (non-hydrogen) atoms. The van der Waals surface area contributed by atoms with Crippen LogP contribution in [0.25, 0.3) is 0 Å². The van der Waals surface area contributed by atoms with Gasteiger partial charge >= 0.3 is 0 Å². The van der Waals surface area contributed by atoms with Crippen LogP contribution in [0.5, 0.6) is 0 Å². The monoisotopic (exact) mass is 720 g/mol. The Labute approximate surface area is 291 Å². The smallest absolute Gasteiger partial charge is 0.264 e. The molecule has 2 bridgehead atoms. The minimum absolute atomic E-state index is 0.152. The Morgan fingerprint density at radius 2 is 1.81 bits per heavy atom. The quantitative estimate of drug-likeness (QED) is 0.401. The van der Waals surface area contributed by atoms with Crippen molar-refractivity contribution in [2.24, 2.45) is 17.8 Å². The summed E-state index contributed by atoms with van der Waals surface area (Å²) in [6, 6.07) is 11.4. The molecule has 2 aromatic carbocycles. The highest BCUT2D eigenvalue weighted by Gasteiger charge is 2.52. The Morgan fingerprint density at radius 1 is 1.00 bits per heavy atom. The van der Waals surface area contributed by atoms with Crippen molar-refractivity contribution in [3.8, 4) is 0 Å². The number of ether oxygens (including phenoxy) is 1. The molecule has 3 heterocycles. The number of nitrogens with one attached hydrogen (secondary N) is 2. The summed E-state index contributed by atoms with van der Waals surface area (Å²) in [5.41, 5.74) is 3.74. The minimum Gasteiger partial charge on any atom is -0.379 e. The van der Waals surface area contributed by atoms with Crippen LogP contribution in [0.4, 0.5) is 11.4 Å². The average Bonchev–Trinajstić information content (AvgIpc) is 3.04. The van der Waals surface area contributed by atoms with E-state index in [2.05, 4.69) is 21.0 Å². The fourth-order valence-electron chi connectivity index (χ4n) is 8.13. The number of hydrogen-bond acceptors (Lipinski definition) is 8. The summed E-state index contributed by atoms with van der Waals surface area (Å²) in [4.78, 5) is 15.9. The highest BCUT2D eigenvalue weighted by Crippen LogP contribution is 2.49. The fraction of sp³-hybridized carbons (Fsp3) is 0.629. The standard InChI is InChI=1S/C35H49ClN4O6S2/c1-24-7-6-15-35(23-40(17-18-46-35)47(3,42)43)31-13-10-29(31)22-39-16-5-4-8-26-19-30(36)12-9-28(26)21-37-32-14-11-27(20-33(32)39)34(41)38-48(44,45)25(24)2/h9,11-12,14,19-20,24-25,29,31,37H,4-8,10,13,15-18,21-23H2,1-3H3,(H,38,41)/t24-,25+,29-,31+,35?/m0/s1. The summed E-state index contributed by atoms with van der Waals surface area (Å²) < 4.78 is 63.1. The van der Waals surface area contributed by atoms with Gasteiger partial charge in [-0.3, -0.25) is 4.79 Å². The Morgan fingerprint density at radius 3 is 2.56 bits per heavy atom. The predicted molar refractivity (Wildman–Crippen MR) is 191 cm³/mol. The van der Waals surface area contributed by atoms with E-state index in [-0.39, 0.29) is 17.8 Å². The Hall–Kier alpha value is -2.38. The van der Waals surface area contributed by atoms with E-state index in [4.69, 9.17) is 16.3 Å². The highest BCUT2D eigenvalue weighted by molar-refractivity contribution is 7.90. The van der Waals surface area contributed by atoms with Gasteiger partial charge in [0.1, 0.15) is 0 Å². The van der Waals surface area contributed by atoms with E-state index in [1.54, 1.807) is 17.3 Å². The van der Waals surface area contributed by atoms with Gasteiger partial charge in [-0.2, -0.15) is 4.31 Å². The normalized spacial score (nSPS) is 30.5. The molecule has 1 aliphatic carbocycles. The van der Waals surface area contributed by atoms with Gasteiger partial charge in [-0.1, -0.05) is 31.0 Å². The molecule has 264 valence electrons. The van der Waals surface area contributed by atoms with Gasteiger partial charge in [0.2, 0.25) is 20.0 Å². The van der Waals surface area contributed by atoms with Crippen molar-refractivity contribution in [1.82, 2.24) is 9.03 Å². The van der Waals surface area contributed by atoms with Gasteiger partial charge in [-0.05, 0) is 111 Å². The average molecular weight is 721 g/mol. The minimum atomic E-state index is -3.96. The third-order valence-electron chi connectivity index (χ3n) is 11.3. The summed E-state index contributed by atoms with van der Waals surface area (Å²) >= 11 is 6.37. The molecule has 2 N–H and O–H groups in total. The lowest BCUT2D eigenvalue weighted by Crippen LogP contribution is -2.61. The lowest BCUT2D eigenvalue weighted by atomic mass is 9.62. The number of anilines is 2. The molecule has 1 amide bonds. The summed E-state index contributed by atoms with van der Waals surface area (Å²) in [6.07, 6.45) is 7.93. The van der Waals surface area contributed by atoms with Gasteiger partial charge in [0.15, 0.2) is 0 Å². The number of morpholine rings is 1. The Balaban J connectivity index is 1.41. The Bertz CT molecular complexity index is 1740. The number of benzene rings is 2. The van der Waals surface area contributed by atoms with E-state index in [0.717, 1.165) is 62.1 Å². The summed E-state index contributed by atoms with van der Waals surface area (Å²) in [6.45, 7) is 6.58. The van der Waals surface area contributed by atoms with Crippen molar-refractivity contribution in [3.05, 3.63) is 58.1 Å². The maximum absolute atomic E-state index is 13.5. The summed E-state index contributed by atoms with van der Waals surface area (Å²) in [7, 11) is -7.38. The molecule has 1 saturated heterocycles. The van der Waals surface area contributed by atoms with Crippen molar-refractivity contribution in [2.45, 2.75) is 82.6 Å². The van der Waals surface area contributed by atoms with Gasteiger partial charge in [0, 0.05) is 43.3 Å². The third-order valence-corrected chi connectivity index (χ3v) is 14.7. The first kappa shape index (κ1) is 35.4. The zero-order valence-corrected chi connectivity index (χ0v) is 30.6. The van der Waals surface area contributed by atoms with Crippen LogP contribution in [0.15, 0.2) is 36.4 Å². The fourth-order valence-corrected chi connectivity index (χ4v) is 10.5. The highest BCUT2D eigenvalue weighted by atomic mass is 35.5. The lowest BCUT2D eigenvalue weighted by molar-refractivity contribution is -0.165. The third kappa shape index (κ3) is 7.52. The number of rotatable bonds is 1. The largest absolute Gasteiger partial charge is 0.379 e. The molecular weight excluding hydrogens is 672 g/mol. The first-order valence-electron chi connectivity index (χ1n) is 17.3. The molecule has 0 radical (unpaired) electrons. The van der Waals surface area contributed by atoms with Crippen LogP contribution < -0.4 is 14.9 Å². The SMILES string of the molecule is C[C@@H]1[C@@H](C)CCCC2(CN(S(C)(=O)=O)CCO2)[C@@H]2CC[C@H]2CN2CCCCc3cc(Cl)ccc3CNc3ccc(cc32)C(=O)NS1(=O)=O. The number of hydrogen-bond donors (Lipinski definition) is 2. The number of fused-ring (bicyclic) bond motifs is 4. The van der Waals surface area contributed by atoms with Crippen molar-refractivity contribution in [3.63, 3.8) is 0 Å². The van der Waals surface area contributed by atoms with Crippen molar-refractivity contribution in [2.75, 3.05) is 49.3 Å². The molecule has 1 spiro atoms. The second-order valence-corrected chi connectivity index (χ2v) is 18.9. The molecule has 10 nitrogen and oxygen atoms in total. The number of aryl methyl sites for hydroxylation is 1. The van der Waals surface area contributed by atoms with E-state index in [9.17, 15) is 21.6 Å². The van der Waals surface area contributed by atoms with Crippen LogP contribution in [0.2, 0.25) is 5.02 Å². The summed E-state index contributed by atoms with van der Waals surface area (Å²) in [5.74, 6) is -0.438. The van der Waals surface area contributed by atoms with Crippen LogP contribution >= 0.6 is 11.6 Å². The topological polar surface area (TPSA) is 125 Å². The molecule has 1 unspecified atom stereocenters. The zero-order chi connectivity index (χ0) is 34.3. The van der Waals surface area contributed by atoms with E-state index in [1.165, 1.54) is 11.8 Å². The van der Waals surface area contributed by atoms with Crippen LogP contribution in [-0.4, -0.2) is 76.9 Å². The van der Waals surface area contributed by atoms with Crippen molar-refractivity contribution < 1.29 is 26.4 Å². The first-order chi connectivity index (χ1) is 22.8. The number of sulfonamides is 2. The maximum Gasteiger partial charge on any atom is 0.264 e. The molecule has 13 heteroatoms. The number of halogens is 1. The van der Waals surface area contributed by atoms with Crippen molar-refractivity contribution in [1.29, 1.82) is 0 Å². The van der Waals surface area contributed by atoms with Gasteiger partial charge < -0.3 is 15.0 Å². The maximum atomic E-state index is 13.5. The molecule has 1 saturated carbocycles. The van der Waals surface area contributed by atoms with Gasteiger partial charge in [-0.15, -0.1) is 0 Å². The Kier molecular flexibility index (Phi) is 10.4. The molecule has 2 aromatic rings. The molecule has 3 aliphatic heterocycles. The number of carbonyl (C=O) groups is 1. The van der Waals surface area contributed by atoms with Crippen LogP contribution in [0, 0.1) is 17.8 Å². The zero-order valence-electron chi connectivity index (χ0n) is 28.2. The van der Waals surface area contributed by atoms with Crippen LogP contribution in [-0.2, 0) is 37.7 Å². The van der Waals surface area contributed by atoms with Crippen LogP contribution in [0.3, 0.4) is 0 Å². The molecule has 6 rings (SSSR count). The van der Waals surface area contributed by atoms with Crippen LogP contribution in [0.1, 0.15) is 80.3 Å². The first-order valence-corrected chi connectivity index (χ1v) is 21.1. The predicted octanol–water partition coefficient (Wildman–Crippen LogP) is 5.42. The van der Waals surface area contributed by atoms with Crippen molar-refractivity contribution >= 4 is 48.9 Å². The molecule has 0 aromatic heterocycles. The van der Waals surface area contributed by atoms with E-state index in [1.807, 2.05) is 31.2 Å². The van der Waals surface area contributed by atoms with Gasteiger partial charge in [0.05, 0.1) is 35.1 Å². The molecule has 2 fully saturated rings. The second kappa shape index (κ2) is 14.1. The number of carbonyl (C=O) groups excluding carboxylic acids is 1. The van der Waals surface area contributed by atoms with E-state index < -0.39 is 36.8 Å². The van der Waals surface area contributed by atoms with E-state index in [0.29, 0.717) is 56.1 Å². The van der Waals surface area contributed by atoms with E-state index >= 15 is 0 Å². The second-order valence-electron chi connectivity index (χ2n) is 14.4. The van der Waals surface area contributed by atoms with Gasteiger partial charge in [0.25, 0.3) is 5.91 Å². The lowest BCUT2D eigenvalue weighted by Gasteiger charge is -2.54. The molecule has 5 atom stereocenters. The van der Waals surface area contributed by atoms with Gasteiger partial charge in [-0.25, -0.2) is 21.6 Å². The summed E-state index contributed by atoms with van der Waals surface area (Å²) in [5, 5.41) is 3.53. The number of amides is 1.